The van der Waals surface area contributed by atoms with Crippen LogP contribution < -0.4 is 10.1 Å². The number of nitrogens with zero attached hydrogens (tertiary/aromatic N) is 2. The maximum absolute atomic E-state index is 14.0. The Morgan fingerprint density at radius 3 is 2.45 bits per heavy atom. The lowest BCUT2D eigenvalue weighted by molar-refractivity contribution is -0.137. The van der Waals surface area contributed by atoms with Crippen LogP contribution in [-0.2, 0) is 4.79 Å². The zero-order valence-electron chi connectivity index (χ0n) is 16.0. The van der Waals surface area contributed by atoms with Crippen LogP contribution in [0.3, 0.4) is 0 Å². The Hall–Kier alpha value is -4.02. The number of halogens is 3. The van der Waals surface area contributed by atoms with Crippen molar-refractivity contribution in [2.75, 3.05) is 7.11 Å². The number of ether oxygens (including phenoxy) is 1. The van der Waals surface area contributed by atoms with Crippen LogP contribution in [0.25, 0.3) is 5.69 Å². The molecule has 3 rings (SSSR count). The molecule has 0 bridgehead atoms. The molecule has 1 unspecified atom stereocenters. The topological polar surface area (TPSA) is 114 Å². The minimum absolute atomic E-state index is 0.0754. The number of hydrogen-bond acceptors (Lipinski definition) is 5. The number of aromatic hydroxyl groups is 1. The van der Waals surface area contributed by atoms with Gasteiger partial charge in [0.15, 0.2) is 11.5 Å². The van der Waals surface area contributed by atoms with E-state index in [0.29, 0.717) is 10.7 Å². The number of carbonyl (C=O) groups is 2. The molecule has 0 aliphatic heterocycles. The number of hydrogen-bond donors (Lipinski definition) is 3. The highest BCUT2D eigenvalue weighted by Crippen LogP contribution is 2.29. The Morgan fingerprint density at radius 1 is 1.13 bits per heavy atom. The van der Waals surface area contributed by atoms with Crippen molar-refractivity contribution in [2.45, 2.75) is 12.5 Å². The smallest absolute Gasteiger partial charge is 0.305 e. The molecule has 0 saturated carbocycles. The quantitative estimate of drug-likeness (QED) is 0.526. The number of aromatic nitrogens is 2. The number of nitrogens with one attached hydrogen (secondary N) is 1. The third-order valence-electron chi connectivity index (χ3n) is 4.31. The van der Waals surface area contributed by atoms with Crippen molar-refractivity contribution in [3.63, 3.8) is 0 Å². The summed E-state index contributed by atoms with van der Waals surface area (Å²) in [5.74, 6) is -5.21. The molecule has 1 aromatic heterocycles. The number of methoxy groups -OCH3 is 1. The molecule has 3 aromatic rings. The lowest BCUT2D eigenvalue weighted by Gasteiger charge is -2.19. The molecule has 0 fully saturated rings. The zero-order chi connectivity index (χ0) is 22.7. The van der Waals surface area contributed by atoms with Gasteiger partial charge in [0.2, 0.25) is 5.88 Å². The van der Waals surface area contributed by atoms with E-state index in [1.807, 2.05) is 0 Å². The van der Waals surface area contributed by atoms with E-state index in [1.54, 1.807) is 0 Å². The predicted octanol–water partition coefficient (Wildman–Crippen LogP) is 2.95. The summed E-state index contributed by atoms with van der Waals surface area (Å²) in [4.78, 5) is 23.9. The molecule has 31 heavy (non-hydrogen) atoms. The molecular weight excluding hydrogens is 419 g/mol. The molecule has 8 nitrogen and oxygen atoms in total. The minimum atomic E-state index is -1.28. The van der Waals surface area contributed by atoms with Crippen molar-refractivity contribution in [1.82, 2.24) is 15.1 Å². The molecular formula is C20H16F3N3O5. The largest absolute Gasteiger partial charge is 0.496 e. The second-order valence-corrected chi connectivity index (χ2v) is 6.41. The summed E-state index contributed by atoms with van der Waals surface area (Å²) in [7, 11) is 1.30. The lowest BCUT2D eigenvalue weighted by Crippen LogP contribution is -2.31. The Bertz CT molecular complexity index is 1150. The molecule has 0 saturated heterocycles. The number of aliphatic carboxylic acids is 1. The van der Waals surface area contributed by atoms with E-state index < -0.39 is 47.7 Å². The van der Waals surface area contributed by atoms with Crippen molar-refractivity contribution < 1.29 is 37.7 Å². The van der Waals surface area contributed by atoms with Crippen molar-refractivity contribution in [3.05, 3.63) is 71.2 Å². The second kappa shape index (κ2) is 8.78. The Morgan fingerprint density at radius 2 is 1.81 bits per heavy atom. The van der Waals surface area contributed by atoms with Crippen LogP contribution in [0.2, 0.25) is 0 Å². The third-order valence-corrected chi connectivity index (χ3v) is 4.31. The summed E-state index contributed by atoms with van der Waals surface area (Å²) < 4.78 is 46.6. The van der Waals surface area contributed by atoms with Crippen molar-refractivity contribution in [1.29, 1.82) is 0 Å². The van der Waals surface area contributed by atoms with Crippen molar-refractivity contribution in [2.24, 2.45) is 0 Å². The van der Waals surface area contributed by atoms with E-state index >= 15 is 0 Å². The summed E-state index contributed by atoms with van der Waals surface area (Å²) in [6, 6.07) is 5.67. The van der Waals surface area contributed by atoms with E-state index in [-0.39, 0.29) is 22.7 Å². The van der Waals surface area contributed by atoms with Gasteiger partial charge in [0.05, 0.1) is 19.6 Å². The number of benzene rings is 2. The van der Waals surface area contributed by atoms with Gasteiger partial charge in [-0.25, -0.2) is 13.2 Å². The standard InChI is InChI=1S/C20H16F3N3O5/c1-31-17-5-3-10(21)6-12(17)14(9-19(28)29)24-20(30)15-8-18(27)26(25-15)16-4-2-11(22)7-13(16)23/h2-8,14,27H,9H2,1H3,(H,24,30)(H,28,29). The first kappa shape index (κ1) is 21.7. The number of carboxylic acids is 1. The van der Waals surface area contributed by atoms with Crippen LogP contribution in [0.15, 0.2) is 42.5 Å². The highest BCUT2D eigenvalue weighted by atomic mass is 19.1. The first-order chi connectivity index (χ1) is 14.7. The number of carbonyl (C=O) groups excluding carboxylic acids is 1. The van der Waals surface area contributed by atoms with Crippen LogP contribution in [0.4, 0.5) is 13.2 Å². The van der Waals surface area contributed by atoms with Gasteiger partial charge >= 0.3 is 5.97 Å². The number of rotatable bonds is 7. The lowest BCUT2D eigenvalue weighted by atomic mass is 10.0. The summed E-state index contributed by atoms with van der Waals surface area (Å²) in [6.45, 7) is 0. The third kappa shape index (κ3) is 4.77. The van der Waals surface area contributed by atoms with Crippen molar-refractivity contribution >= 4 is 11.9 Å². The molecule has 0 radical (unpaired) electrons. The van der Waals surface area contributed by atoms with Gasteiger partial charge in [-0.1, -0.05) is 0 Å². The van der Waals surface area contributed by atoms with Crippen molar-refractivity contribution in [3.8, 4) is 17.3 Å². The minimum Gasteiger partial charge on any atom is -0.496 e. The second-order valence-electron chi connectivity index (χ2n) is 6.41. The summed E-state index contributed by atoms with van der Waals surface area (Å²) in [6.07, 6.45) is -0.606. The van der Waals surface area contributed by atoms with Gasteiger partial charge in [-0.05, 0) is 30.3 Å². The molecule has 0 spiro atoms. The van der Waals surface area contributed by atoms with E-state index in [2.05, 4.69) is 10.4 Å². The average molecular weight is 435 g/mol. The Balaban J connectivity index is 1.93. The van der Waals surface area contributed by atoms with Gasteiger partial charge in [0.1, 0.15) is 23.1 Å². The zero-order valence-corrected chi connectivity index (χ0v) is 16.0. The molecule has 3 N–H and O–H groups in total. The Kier molecular flexibility index (Phi) is 6.14. The van der Waals surface area contributed by atoms with E-state index in [9.17, 15) is 33.0 Å². The van der Waals surface area contributed by atoms with Crippen LogP contribution in [0, 0.1) is 17.5 Å². The molecule has 1 amide bonds. The monoisotopic (exact) mass is 435 g/mol. The van der Waals surface area contributed by atoms with Gasteiger partial charge in [0, 0.05) is 17.7 Å². The molecule has 1 atom stereocenters. The van der Waals surface area contributed by atoms with E-state index in [1.165, 1.54) is 13.2 Å². The van der Waals surface area contributed by atoms with Gasteiger partial charge in [-0.2, -0.15) is 9.78 Å². The highest BCUT2D eigenvalue weighted by Gasteiger charge is 2.25. The van der Waals surface area contributed by atoms with Gasteiger partial charge in [-0.3, -0.25) is 9.59 Å². The fourth-order valence-corrected chi connectivity index (χ4v) is 2.94. The normalized spacial score (nSPS) is 11.7. The Labute approximate surface area is 173 Å². The first-order valence-corrected chi connectivity index (χ1v) is 8.80. The maximum Gasteiger partial charge on any atom is 0.305 e. The van der Waals surface area contributed by atoms with E-state index in [0.717, 1.165) is 30.3 Å². The molecule has 0 aliphatic carbocycles. The molecule has 0 aliphatic rings. The summed E-state index contributed by atoms with van der Waals surface area (Å²) in [5.41, 5.74) is -0.620. The maximum atomic E-state index is 14.0. The van der Waals surface area contributed by atoms with Crippen LogP contribution in [0.5, 0.6) is 11.6 Å². The highest BCUT2D eigenvalue weighted by molar-refractivity contribution is 5.93. The summed E-state index contributed by atoms with van der Waals surface area (Å²) in [5, 5.41) is 25.4. The van der Waals surface area contributed by atoms with Gasteiger partial charge in [0.25, 0.3) is 5.91 Å². The first-order valence-electron chi connectivity index (χ1n) is 8.80. The van der Waals surface area contributed by atoms with Crippen LogP contribution in [-0.4, -0.2) is 39.0 Å². The molecule has 162 valence electrons. The molecule has 11 heteroatoms. The van der Waals surface area contributed by atoms with E-state index in [4.69, 9.17) is 4.74 Å². The predicted molar refractivity (Wildman–Crippen MR) is 101 cm³/mol. The molecule has 2 aromatic carbocycles. The van der Waals surface area contributed by atoms with Crippen LogP contribution >= 0.6 is 0 Å². The number of amides is 1. The fraction of sp³-hybridized carbons (Fsp3) is 0.150. The average Bonchev–Trinajstić information content (AvgIpc) is 3.08. The fourth-order valence-electron chi connectivity index (χ4n) is 2.94. The SMILES string of the molecule is COc1ccc(F)cc1C(CC(=O)O)NC(=O)c1cc(O)n(-c2ccc(F)cc2F)n1. The molecule has 1 heterocycles. The van der Waals surface area contributed by atoms with Crippen LogP contribution in [0.1, 0.15) is 28.5 Å². The number of carboxylic acid groups (broad SMARTS) is 1. The van der Waals surface area contributed by atoms with Gasteiger partial charge < -0.3 is 20.3 Å². The van der Waals surface area contributed by atoms with Gasteiger partial charge in [-0.15, -0.1) is 0 Å². The summed E-state index contributed by atoms with van der Waals surface area (Å²) >= 11 is 0.